The first-order chi connectivity index (χ1) is 21.5. The number of H-pyrrole nitrogens is 1. The third kappa shape index (κ3) is 12.1. The first-order valence-electron chi connectivity index (χ1n) is 15.7. The molecule has 10 nitrogen and oxygen atoms in total. The van der Waals surface area contributed by atoms with Crippen LogP contribution in [0.2, 0.25) is 0 Å². The van der Waals surface area contributed by atoms with E-state index in [9.17, 15) is 19.2 Å². The molecule has 0 aliphatic carbocycles. The molecule has 0 bridgehead atoms. The summed E-state index contributed by atoms with van der Waals surface area (Å²) in [5.41, 5.74) is 7.41. The van der Waals surface area contributed by atoms with Gasteiger partial charge in [0, 0.05) is 35.0 Å². The SMILES string of the molecule is CCC(C=O)CCCCNC(=O)OC(C)(C)C.CN.CN1CCC(c2ccccc2)C1C(=O)Nc1ccc2[nH]c(C=O)cc2c1. The van der Waals surface area contributed by atoms with E-state index in [4.69, 9.17) is 4.74 Å². The summed E-state index contributed by atoms with van der Waals surface area (Å²) in [5.74, 6) is 0.361. The molecule has 3 atom stereocenters. The quantitative estimate of drug-likeness (QED) is 0.154. The van der Waals surface area contributed by atoms with Gasteiger partial charge in [0.05, 0.1) is 11.7 Å². The number of fused-ring (bicyclic) bond motifs is 1. The zero-order chi connectivity index (χ0) is 33.4. The van der Waals surface area contributed by atoms with Crippen molar-refractivity contribution < 1.29 is 23.9 Å². The number of benzene rings is 2. The number of amides is 2. The van der Waals surface area contributed by atoms with Gasteiger partial charge in [0.1, 0.15) is 11.9 Å². The van der Waals surface area contributed by atoms with Crippen LogP contribution < -0.4 is 16.4 Å². The van der Waals surface area contributed by atoms with Crippen LogP contribution in [0.3, 0.4) is 0 Å². The van der Waals surface area contributed by atoms with Crippen LogP contribution in [-0.2, 0) is 14.3 Å². The Bertz CT molecular complexity index is 1350. The molecule has 1 aromatic heterocycles. The van der Waals surface area contributed by atoms with Crippen LogP contribution in [0.25, 0.3) is 10.9 Å². The molecular formula is C35H51N5O5. The van der Waals surface area contributed by atoms with Crippen molar-refractivity contribution in [2.24, 2.45) is 11.7 Å². The van der Waals surface area contributed by atoms with Gasteiger partial charge in [-0.15, -0.1) is 0 Å². The van der Waals surface area contributed by atoms with Gasteiger partial charge >= 0.3 is 6.09 Å². The summed E-state index contributed by atoms with van der Waals surface area (Å²) in [6.07, 6.45) is 6.02. The summed E-state index contributed by atoms with van der Waals surface area (Å²) in [5, 5.41) is 6.66. The summed E-state index contributed by atoms with van der Waals surface area (Å²) >= 11 is 0. The van der Waals surface area contributed by atoms with Gasteiger partial charge < -0.3 is 30.9 Å². The minimum atomic E-state index is -0.449. The average molecular weight is 622 g/mol. The number of aldehydes is 2. The van der Waals surface area contributed by atoms with E-state index in [2.05, 4.69) is 38.4 Å². The Kier molecular flexibility index (Phi) is 15.5. The highest BCUT2D eigenvalue weighted by atomic mass is 16.6. The molecule has 2 aromatic carbocycles. The van der Waals surface area contributed by atoms with Crippen LogP contribution in [0.1, 0.15) is 81.8 Å². The second-order valence-electron chi connectivity index (χ2n) is 12.1. The number of nitrogens with two attached hydrogens (primary N) is 1. The van der Waals surface area contributed by atoms with Gasteiger partial charge in [-0.3, -0.25) is 14.5 Å². The topological polar surface area (TPSA) is 147 Å². The molecule has 2 amide bonds. The number of unbranched alkanes of at least 4 members (excludes halogenated alkanes) is 1. The van der Waals surface area contributed by atoms with Crippen molar-refractivity contribution in [2.45, 2.75) is 77.4 Å². The summed E-state index contributed by atoms with van der Waals surface area (Å²) in [7, 11) is 3.50. The van der Waals surface area contributed by atoms with Crippen LogP contribution >= 0.6 is 0 Å². The highest BCUT2D eigenvalue weighted by Crippen LogP contribution is 2.33. The number of likely N-dealkylation sites (tertiary alicyclic amines) is 1. The fourth-order valence-corrected chi connectivity index (χ4v) is 5.30. The van der Waals surface area contributed by atoms with Crippen molar-refractivity contribution in [2.75, 3.05) is 32.5 Å². The standard InChI is InChI=1S/C21H21N3O2.C13H25NO3.CH5N/c1-24-10-9-18(14-5-3-2-4-6-14)20(24)21(26)23-16-7-8-19-15(11-16)12-17(13-25)22-19;1-5-11(10-15)8-6-7-9-14-12(16)17-13(2,3)4;1-2/h2-8,11-13,18,20,22H,9-10H2,1H3,(H,23,26);10-11H,5-9H2,1-4H3,(H,14,16);2H2,1H3. The van der Waals surface area contributed by atoms with Gasteiger partial charge in [0.2, 0.25) is 5.91 Å². The average Bonchev–Trinajstić information content (AvgIpc) is 3.62. The zero-order valence-corrected chi connectivity index (χ0v) is 27.6. The third-order valence-electron chi connectivity index (χ3n) is 7.57. The molecule has 45 heavy (non-hydrogen) atoms. The minimum absolute atomic E-state index is 0.00403. The lowest BCUT2D eigenvalue weighted by molar-refractivity contribution is -0.120. The number of nitrogens with one attached hydrogen (secondary N) is 3. The highest BCUT2D eigenvalue weighted by Gasteiger charge is 2.38. The molecule has 5 N–H and O–H groups in total. The molecule has 246 valence electrons. The molecule has 1 aliphatic heterocycles. The molecule has 3 unspecified atom stereocenters. The van der Waals surface area contributed by atoms with E-state index in [1.807, 2.05) is 71.1 Å². The van der Waals surface area contributed by atoms with E-state index in [1.54, 1.807) is 6.07 Å². The summed E-state index contributed by atoms with van der Waals surface area (Å²) in [6.45, 7) is 9.02. The fourth-order valence-electron chi connectivity index (χ4n) is 5.30. The molecule has 10 heteroatoms. The molecular weight excluding hydrogens is 570 g/mol. The number of ether oxygens (including phenoxy) is 1. The number of alkyl carbamates (subject to hydrolysis) is 1. The van der Waals surface area contributed by atoms with E-state index in [-0.39, 0.29) is 29.9 Å². The second-order valence-corrected chi connectivity index (χ2v) is 12.1. The second kappa shape index (κ2) is 18.7. The van der Waals surface area contributed by atoms with Crippen molar-refractivity contribution in [3.05, 3.63) is 65.9 Å². The van der Waals surface area contributed by atoms with Gasteiger partial charge in [0.25, 0.3) is 0 Å². The number of anilines is 1. The number of hydrogen-bond acceptors (Lipinski definition) is 7. The maximum absolute atomic E-state index is 13.0. The van der Waals surface area contributed by atoms with Crippen LogP contribution in [0.4, 0.5) is 10.5 Å². The van der Waals surface area contributed by atoms with Crippen LogP contribution in [0.15, 0.2) is 54.6 Å². The summed E-state index contributed by atoms with van der Waals surface area (Å²) in [6, 6.07) is 17.5. The van der Waals surface area contributed by atoms with Crippen molar-refractivity contribution in [3.8, 4) is 0 Å². The molecule has 0 spiro atoms. The predicted molar refractivity (Wildman–Crippen MR) is 181 cm³/mol. The lowest BCUT2D eigenvalue weighted by Crippen LogP contribution is -2.40. The van der Waals surface area contributed by atoms with E-state index in [0.29, 0.717) is 12.2 Å². The van der Waals surface area contributed by atoms with Gasteiger partial charge in [-0.1, -0.05) is 43.7 Å². The zero-order valence-electron chi connectivity index (χ0n) is 27.6. The number of aromatic amines is 1. The molecule has 1 aliphatic rings. The molecule has 1 fully saturated rings. The monoisotopic (exact) mass is 621 g/mol. The van der Waals surface area contributed by atoms with E-state index in [1.165, 1.54) is 12.6 Å². The molecule has 0 radical (unpaired) electrons. The molecule has 0 saturated carbocycles. The van der Waals surface area contributed by atoms with Gasteiger partial charge in [-0.05, 0) is 96.9 Å². The van der Waals surface area contributed by atoms with E-state index < -0.39 is 5.60 Å². The highest BCUT2D eigenvalue weighted by molar-refractivity contribution is 5.98. The minimum Gasteiger partial charge on any atom is -0.444 e. The van der Waals surface area contributed by atoms with Crippen LogP contribution in [0.5, 0.6) is 0 Å². The Labute approximate surface area is 267 Å². The van der Waals surface area contributed by atoms with Gasteiger partial charge in [-0.2, -0.15) is 0 Å². The van der Waals surface area contributed by atoms with E-state index in [0.717, 1.165) is 67.8 Å². The largest absolute Gasteiger partial charge is 0.444 e. The summed E-state index contributed by atoms with van der Waals surface area (Å²) in [4.78, 5) is 50.9. The maximum atomic E-state index is 13.0. The Hall–Kier alpha value is -4.02. The van der Waals surface area contributed by atoms with Crippen LogP contribution in [-0.4, -0.2) is 73.3 Å². The molecule has 3 aromatic rings. The third-order valence-corrected chi connectivity index (χ3v) is 7.57. The van der Waals surface area contributed by atoms with Crippen molar-refractivity contribution in [1.29, 1.82) is 0 Å². The lowest BCUT2D eigenvalue weighted by Gasteiger charge is -2.24. The number of nitrogens with zero attached hydrogens (tertiary/aromatic N) is 1. The predicted octanol–water partition coefficient (Wildman–Crippen LogP) is 5.89. The number of aromatic nitrogens is 1. The number of rotatable bonds is 11. The number of carbonyl (C=O) groups excluding carboxylic acids is 4. The lowest BCUT2D eigenvalue weighted by atomic mass is 9.91. The fraction of sp³-hybridized carbons (Fsp3) is 0.486. The summed E-state index contributed by atoms with van der Waals surface area (Å²) < 4.78 is 5.10. The molecule has 4 rings (SSSR count). The Balaban J connectivity index is 0.000000325. The number of likely N-dealkylation sites (N-methyl/N-ethyl adjacent to an activating group) is 1. The Morgan fingerprint density at radius 3 is 2.42 bits per heavy atom. The van der Waals surface area contributed by atoms with E-state index >= 15 is 0 Å². The molecule has 1 saturated heterocycles. The maximum Gasteiger partial charge on any atom is 0.407 e. The number of carbonyl (C=O) groups is 4. The van der Waals surface area contributed by atoms with Crippen molar-refractivity contribution in [1.82, 2.24) is 15.2 Å². The Morgan fingerprint density at radius 2 is 1.80 bits per heavy atom. The first kappa shape index (κ1) is 37.2. The molecule has 2 heterocycles. The van der Waals surface area contributed by atoms with Crippen molar-refractivity contribution >= 4 is 41.2 Å². The van der Waals surface area contributed by atoms with Gasteiger partial charge in [-0.25, -0.2) is 4.79 Å². The normalized spacial score (nSPS) is 16.8. The van der Waals surface area contributed by atoms with Crippen molar-refractivity contribution in [3.63, 3.8) is 0 Å². The van der Waals surface area contributed by atoms with Gasteiger partial charge in [0.15, 0.2) is 6.29 Å². The Morgan fingerprint density at radius 1 is 1.09 bits per heavy atom. The van der Waals surface area contributed by atoms with Crippen LogP contribution in [0, 0.1) is 5.92 Å². The number of hydrogen-bond donors (Lipinski definition) is 4. The smallest absolute Gasteiger partial charge is 0.407 e. The first-order valence-corrected chi connectivity index (χ1v) is 15.7.